The largest absolute Gasteiger partial charge is 0.465 e. The van der Waals surface area contributed by atoms with Crippen LogP contribution in [-0.2, 0) is 17.9 Å². The molecule has 0 fully saturated rings. The van der Waals surface area contributed by atoms with Crippen LogP contribution in [0.1, 0.15) is 38.8 Å². The molecule has 0 aliphatic carbocycles. The van der Waals surface area contributed by atoms with E-state index in [9.17, 15) is 14.7 Å². The lowest BCUT2D eigenvalue weighted by molar-refractivity contribution is -0.130. The normalized spacial score (nSPS) is 11.1. The van der Waals surface area contributed by atoms with E-state index in [4.69, 9.17) is 5.73 Å². The molecule has 0 aromatic heterocycles. The quantitative estimate of drug-likeness (QED) is 0.777. The Morgan fingerprint density at radius 3 is 2.04 bits per heavy atom. The van der Waals surface area contributed by atoms with Gasteiger partial charge in [0.15, 0.2) is 0 Å². The number of anilines is 2. The summed E-state index contributed by atoms with van der Waals surface area (Å²) in [4.78, 5) is 26.9. The highest BCUT2D eigenvalue weighted by Gasteiger charge is 2.28. The van der Waals surface area contributed by atoms with Gasteiger partial charge in [-0.15, -0.1) is 0 Å². The fourth-order valence-electron chi connectivity index (χ4n) is 2.99. The number of rotatable bonds is 5. The Kier molecular flexibility index (Phi) is 6.10. The summed E-state index contributed by atoms with van der Waals surface area (Å²) in [5.41, 5.74) is 8.29. The van der Waals surface area contributed by atoms with Crippen molar-refractivity contribution in [3.63, 3.8) is 0 Å². The van der Waals surface area contributed by atoms with Crippen LogP contribution in [0.25, 0.3) is 0 Å². The van der Waals surface area contributed by atoms with E-state index in [0.29, 0.717) is 24.5 Å². The van der Waals surface area contributed by atoms with Gasteiger partial charge in [0.05, 0.1) is 0 Å². The Bertz CT molecular complexity index is 827. The van der Waals surface area contributed by atoms with Gasteiger partial charge in [0, 0.05) is 36.9 Å². The highest BCUT2D eigenvalue weighted by molar-refractivity contribution is 5.87. The molecule has 0 bridgehead atoms. The van der Waals surface area contributed by atoms with Crippen LogP contribution in [0.15, 0.2) is 48.5 Å². The lowest BCUT2D eigenvalue weighted by atomic mass is 10.0. The molecule has 2 aromatic carbocycles. The van der Waals surface area contributed by atoms with Crippen LogP contribution >= 0.6 is 0 Å². The number of amides is 2. The molecule has 6 heteroatoms. The number of carbonyl (C=O) groups excluding carboxylic acids is 1. The number of carboxylic acid groups (broad SMARTS) is 1. The summed E-state index contributed by atoms with van der Waals surface area (Å²) in [6.45, 7) is 7.87. The van der Waals surface area contributed by atoms with Crippen LogP contribution in [0, 0.1) is 0 Å². The summed E-state index contributed by atoms with van der Waals surface area (Å²) in [5.74, 6) is -0.0614. The fourth-order valence-corrected chi connectivity index (χ4v) is 2.99. The van der Waals surface area contributed by atoms with Gasteiger partial charge in [0.2, 0.25) is 5.91 Å². The van der Waals surface area contributed by atoms with Crippen LogP contribution in [-0.4, -0.2) is 27.5 Å². The lowest BCUT2D eigenvalue weighted by Crippen LogP contribution is -2.45. The second-order valence-corrected chi connectivity index (χ2v) is 7.58. The van der Waals surface area contributed by atoms with E-state index >= 15 is 0 Å². The predicted octanol–water partition coefficient (Wildman–Crippen LogP) is 4.10. The van der Waals surface area contributed by atoms with Crippen LogP contribution in [0.5, 0.6) is 0 Å². The van der Waals surface area contributed by atoms with E-state index in [-0.39, 0.29) is 5.91 Å². The Hall–Kier alpha value is -3.02. The summed E-state index contributed by atoms with van der Waals surface area (Å²) in [7, 11) is 0. The van der Waals surface area contributed by atoms with Crippen molar-refractivity contribution in [2.24, 2.45) is 0 Å². The first-order valence-corrected chi connectivity index (χ1v) is 8.80. The van der Waals surface area contributed by atoms with Gasteiger partial charge in [-0.1, -0.05) is 24.3 Å². The molecule has 0 aliphatic rings. The number of hydrogen-bond acceptors (Lipinski definition) is 3. The van der Waals surface area contributed by atoms with Crippen molar-refractivity contribution >= 4 is 23.4 Å². The Balaban J connectivity index is 2.26. The number of carbonyl (C=O) groups is 2. The number of nitrogens with zero attached hydrogens (tertiary/aromatic N) is 2. The van der Waals surface area contributed by atoms with E-state index in [1.165, 1.54) is 11.8 Å². The van der Waals surface area contributed by atoms with Crippen LogP contribution in [0.3, 0.4) is 0 Å². The van der Waals surface area contributed by atoms with E-state index < -0.39 is 11.6 Å². The van der Waals surface area contributed by atoms with Crippen LogP contribution < -0.4 is 10.6 Å². The van der Waals surface area contributed by atoms with Crippen molar-refractivity contribution in [3.05, 3.63) is 59.7 Å². The molecule has 0 aliphatic heterocycles. The summed E-state index contributed by atoms with van der Waals surface area (Å²) in [5, 5.41) is 9.59. The van der Waals surface area contributed by atoms with Crippen molar-refractivity contribution in [1.82, 2.24) is 4.90 Å². The molecule has 27 heavy (non-hydrogen) atoms. The average molecular weight is 369 g/mol. The van der Waals surface area contributed by atoms with Gasteiger partial charge in [-0.25, -0.2) is 4.79 Å². The predicted molar refractivity (Wildman–Crippen MR) is 107 cm³/mol. The number of hydrogen-bond donors (Lipinski definition) is 2. The zero-order chi connectivity index (χ0) is 20.2. The van der Waals surface area contributed by atoms with Gasteiger partial charge in [-0.2, -0.15) is 0 Å². The second kappa shape index (κ2) is 8.12. The molecular formula is C21H27N3O3. The summed E-state index contributed by atoms with van der Waals surface area (Å²) in [6.07, 6.45) is -1.01. The van der Waals surface area contributed by atoms with Gasteiger partial charge in [0.1, 0.15) is 0 Å². The first kappa shape index (κ1) is 20.3. The first-order chi connectivity index (χ1) is 12.6. The fraction of sp³-hybridized carbons (Fsp3) is 0.333. The standard InChI is InChI=1S/C21H27N3O3/c1-15(25)23(13-16-7-5-9-18(22)11-16)14-17-8-6-10-19(12-17)24(20(26)27)21(2,3)4/h5-12H,13-14,22H2,1-4H3,(H,26,27). The summed E-state index contributed by atoms with van der Waals surface area (Å²) >= 11 is 0. The Morgan fingerprint density at radius 2 is 1.56 bits per heavy atom. The van der Waals surface area contributed by atoms with Gasteiger partial charge < -0.3 is 15.7 Å². The Labute approximate surface area is 160 Å². The minimum absolute atomic E-state index is 0.0614. The van der Waals surface area contributed by atoms with E-state index in [1.807, 2.05) is 57.2 Å². The number of nitrogen functional groups attached to an aromatic ring is 1. The molecule has 3 N–H and O–H groups in total. The summed E-state index contributed by atoms with van der Waals surface area (Å²) in [6, 6.07) is 14.7. The topological polar surface area (TPSA) is 86.9 Å². The molecule has 0 heterocycles. The first-order valence-electron chi connectivity index (χ1n) is 8.80. The minimum Gasteiger partial charge on any atom is -0.465 e. The monoisotopic (exact) mass is 369 g/mol. The molecule has 0 saturated heterocycles. The second-order valence-electron chi connectivity index (χ2n) is 7.58. The molecule has 0 atom stereocenters. The third-order valence-corrected chi connectivity index (χ3v) is 4.17. The molecule has 6 nitrogen and oxygen atoms in total. The van der Waals surface area contributed by atoms with Crippen LogP contribution in [0.4, 0.5) is 16.2 Å². The average Bonchev–Trinajstić information content (AvgIpc) is 2.53. The van der Waals surface area contributed by atoms with Crippen molar-refractivity contribution < 1.29 is 14.7 Å². The number of nitrogens with two attached hydrogens (primary N) is 1. The molecule has 144 valence electrons. The maximum Gasteiger partial charge on any atom is 0.412 e. The Morgan fingerprint density at radius 1 is 1.00 bits per heavy atom. The van der Waals surface area contributed by atoms with Gasteiger partial charge >= 0.3 is 6.09 Å². The zero-order valence-corrected chi connectivity index (χ0v) is 16.3. The molecule has 2 aromatic rings. The van der Waals surface area contributed by atoms with E-state index in [2.05, 4.69) is 0 Å². The van der Waals surface area contributed by atoms with Crippen molar-refractivity contribution in [2.75, 3.05) is 10.6 Å². The maximum atomic E-state index is 12.1. The minimum atomic E-state index is -1.01. The lowest BCUT2D eigenvalue weighted by Gasteiger charge is -2.33. The SMILES string of the molecule is CC(=O)N(Cc1cccc(N)c1)Cc1cccc(N(C(=O)O)C(C)(C)C)c1. The number of benzene rings is 2. The molecule has 2 amide bonds. The van der Waals surface area contributed by atoms with Gasteiger partial charge in [-0.3, -0.25) is 9.69 Å². The molecule has 0 spiro atoms. The molecule has 0 radical (unpaired) electrons. The van der Waals surface area contributed by atoms with Crippen molar-refractivity contribution in [2.45, 2.75) is 46.3 Å². The summed E-state index contributed by atoms with van der Waals surface area (Å²) < 4.78 is 0. The third kappa shape index (κ3) is 5.48. The molecule has 0 unspecified atom stereocenters. The highest BCUT2D eigenvalue weighted by Crippen LogP contribution is 2.25. The molecular weight excluding hydrogens is 342 g/mol. The zero-order valence-electron chi connectivity index (χ0n) is 16.3. The maximum absolute atomic E-state index is 12.1. The smallest absolute Gasteiger partial charge is 0.412 e. The van der Waals surface area contributed by atoms with Crippen LogP contribution in [0.2, 0.25) is 0 Å². The molecule has 2 rings (SSSR count). The van der Waals surface area contributed by atoms with Crippen molar-refractivity contribution in [3.8, 4) is 0 Å². The van der Waals surface area contributed by atoms with Gasteiger partial charge in [0.25, 0.3) is 0 Å². The third-order valence-electron chi connectivity index (χ3n) is 4.17. The molecule has 0 saturated carbocycles. The van der Waals surface area contributed by atoms with E-state index in [1.54, 1.807) is 17.0 Å². The van der Waals surface area contributed by atoms with Crippen molar-refractivity contribution in [1.29, 1.82) is 0 Å². The van der Waals surface area contributed by atoms with E-state index in [0.717, 1.165) is 11.1 Å². The van der Waals surface area contributed by atoms with Gasteiger partial charge in [-0.05, 0) is 56.2 Å². The highest BCUT2D eigenvalue weighted by atomic mass is 16.4.